The van der Waals surface area contributed by atoms with Crippen molar-refractivity contribution in [1.29, 1.82) is 0 Å². The van der Waals surface area contributed by atoms with Crippen LogP contribution in [-0.4, -0.2) is 16.8 Å². The van der Waals surface area contributed by atoms with Crippen LogP contribution in [0, 0.1) is 11.8 Å². The largest absolute Gasteiger partial charge is 0.288 e. The average molecular weight is 369 g/mol. The molecule has 0 atom stereocenters. The number of hydrogen-bond acceptors (Lipinski definition) is 3. The molecule has 2 aromatic rings. The maximum atomic E-state index is 12.2. The van der Waals surface area contributed by atoms with Crippen LogP contribution in [0.4, 0.5) is 0 Å². The second-order valence-electron chi connectivity index (χ2n) is 5.86. The van der Waals surface area contributed by atoms with Crippen molar-refractivity contribution in [3.63, 3.8) is 0 Å². The Balaban J connectivity index is 1.96. The van der Waals surface area contributed by atoms with E-state index in [0.29, 0.717) is 21.7 Å². The van der Waals surface area contributed by atoms with Crippen LogP contribution in [0.1, 0.15) is 65.3 Å². The topological polar surface area (TPSA) is 59.1 Å². The number of aromatic nitrogens is 1. The van der Waals surface area contributed by atoms with E-state index in [1.807, 2.05) is 0 Å². The molecule has 0 fully saturated rings. The molecule has 134 valence electrons. The first kappa shape index (κ1) is 19.7. The third kappa shape index (κ3) is 6.34. The van der Waals surface area contributed by atoms with Gasteiger partial charge in [0.2, 0.25) is 0 Å². The predicted molar refractivity (Wildman–Crippen MR) is 103 cm³/mol. The van der Waals surface area contributed by atoms with Gasteiger partial charge in [0.1, 0.15) is 0 Å². The number of nitrogens with one attached hydrogen (secondary N) is 1. The van der Waals surface area contributed by atoms with Gasteiger partial charge in [-0.05, 0) is 36.8 Å². The Morgan fingerprint density at radius 3 is 2.50 bits per heavy atom. The number of carbonyl (C=O) groups excluding carboxylic acids is 2. The normalized spacial score (nSPS) is 9.92. The van der Waals surface area contributed by atoms with Crippen molar-refractivity contribution in [2.45, 2.75) is 39.0 Å². The lowest BCUT2D eigenvalue weighted by Crippen LogP contribution is -2.30. The van der Waals surface area contributed by atoms with Crippen LogP contribution in [0.3, 0.4) is 0 Å². The minimum absolute atomic E-state index is 0.296. The zero-order valence-corrected chi connectivity index (χ0v) is 15.5. The fraction of sp³-hybridized carbons (Fsp3) is 0.286. The summed E-state index contributed by atoms with van der Waals surface area (Å²) >= 11 is 5.79. The smallest absolute Gasteiger partial charge is 0.259 e. The van der Waals surface area contributed by atoms with Gasteiger partial charge in [0.15, 0.2) is 0 Å². The lowest BCUT2D eigenvalue weighted by atomic mass is 10.1. The Labute approximate surface area is 159 Å². The summed E-state index contributed by atoms with van der Waals surface area (Å²) in [5.74, 6) is 5.12. The average Bonchev–Trinajstić information content (AvgIpc) is 2.65. The van der Waals surface area contributed by atoms with Crippen molar-refractivity contribution < 1.29 is 9.59 Å². The molecule has 1 heterocycles. The Kier molecular flexibility index (Phi) is 7.85. The molecule has 0 aliphatic heterocycles. The van der Waals surface area contributed by atoms with Crippen LogP contribution in [0.25, 0.3) is 0 Å². The molecule has 0 bridgehead atoms. The molecule has 0 saturated heterocycles. The highest BCUT2D eigenvalue weighted by atomic mass is 35.5. The molecule has 5 heteroatoms. The quantitative estimate of drug-likeness (QED) is 0.459. The summed E-state index contributed by atoms with van der Waals surface area (Å²) in [5, 5.41) is 2.87. The minimum Gasteiger partial charge on any atom is -0.288 e. The molecule has 1 N–H and O–H groups in total. The van der Waals surface area contributed by atoms with Crippen molar-refractivity contribution in [3.05, 3.63) is 64.4 Å². The van der Waals surface area contributed by atoms with Crippen molar-refractivity contribution in [3.8, 4) is 11.8 Å². The summed E-state index contributed by atoms with van der Waals surface area (Å²) in [7, 11) is 0. The van der Waals surface area contributed by atoms with Gasteiger partial charge in [-0.15, -0.1) is 0 Å². The number of hydrogen-bond donors (Lipinski definition) is 1. The zero-order chi connectivity index (χ0) is 18.8. The number of rotatable bonds is 6. The van der Waals surface area contributed by atoms with Gasteiger partial charge in [-0.25, -0.2) is 0 Å². The van der Waals surface area contributed by atoms with Crippen LogP contribution in [0.15, 0.2) is 42.7 Å². The predicted octanol–water partition coefficient (Wildman–Crippen LogP) is 4.63. The van der Waals surface area contributed by atoms with Gasteiger partial charge < -0.3 is 0 Å². The molecule has 0 aliphatic rings. The van der Waals surface area contributed by atoms with Gasteiger partial charge in [0, 0.05) is 35.0 Å². The van der Waals surface area contributed by atoms with Gasteiger partial charge in [-0.2, -0.15) is 0 Å². The summed E-state index contributed by atoms with van der Waals surface area (Å²) in [4.78, 5) is 28.4. The lowest BCUT2D eigenvalue weighted by molar-refractivity contribution is 0.0849. The van der Waals surface area contributed by atoms with Crippen LogP contribution in [-0.2, 0) is 0 Å². The first-order valence-electron chi connectivity index (χ1n) is 8.65. The van der Waals surface area contributed by atoms with E-state index in [2.05, 4.69) is 29.1 Å². The fourth-order valence-corrected chi connectivity index (χ4v) is 2.41. The molecule has 0 aliphatic carbocycles. The maximum absolute atomic E-state index is 12.2. The molecule has 0 saturated carbocycles. The van der Waals surface area contributed by atoms with E-state index >= 15 is 0 Å². The Morgan fingerprint density at radius 2 is 1.77 bits per heavy atom. The van der Waals surface area contributed by atoms with Crippen molar-refractivity contribution in [2.24, 2.45) is 0 Å². The van der Waals surface area contributed by atoms with Gasteiger partial charge >= 0.3 is 0 Å². The van der Waals surface area contributed by atoms with E-state index in [-0.39, 0.29) is 0 Å². The Hall–Kier alpha value is -2.64. The van der Waals surface area contributed by atoms with Crippen LogP contribution >= 0.6 is 11.6 Å². The third-order valence-corrected chi connectivity index (χ3v) is 3.97. The molecule has 0 radical (unpaired) electrons. The molecule has 1 aromatic heterocycles. The number of nitrogens with zero attached hydrogens (tertiary/aromatic N) is 1. The molecule has 4 nitrogen and oxygen atoms in total. The second kappa shape index (κ2) is 10.4. The number of unbranched alkanes of at least 4 members (excludes halogenated alkanes) is 4. The lowest BCUT2D eigenvalue weighted by Gasteiger charge is -2.04. The molecule has 0 unspecified atom stereocenters. The Bertz CT molecular complexity index is 820. The summed E-state index contributed by atoms with van der Waals surface area (Å²) in [6, 6.07) is 7.95. The van der Waals surface area contributed by atoms with Gasteiger partial charge in [-0.3, -0.25) is 19.9 Å². The van der Waals surface area contributed by atoms with Gasteiger partial charge in [0.05, 0.1) is 5.56 Å². The van der Waals surface area contributed by atoms with Gasteiger partial charge in [-0.1, -0.05) is 49.6 Å². The van der Waals surface area contributed by atoms with E-state index in [1.165, 1.54) is 25.5 Å². The molecular formula is C21H21ClN2O2. The minimum atomic E-state index is -0.510. The number of carbonyl (C=O) groups is 2. The summed E-state index contributed by atoms with van der Waals surface area (Å²) in [6.45, 7) is 2.17. The first-order chi connectivity index (χ1) is 12.6. The van der Waals surface area contributed by atoms with E-state index in [9.17, 15) is 9.59 Å². The third-order valence-electron chi connectivity index (χ3n) is 3.72. The molecule has 0 spiro atoms. The summed E-state index contributed by atoms with van der Waals surface area (Å²) in [6.07, 6.45) is 8.52. The summed E-state index contributed by atoms with van der Waals surface area (Å²) in [5.41, 5.74) is 1.32. The molecule has 26 heavy (non-hydrogen) atoms. The highest BCUT2D eigenvalue weighted by Crippen LogP contribution is 2.10. The van der Waals surface area contributed by atoms with Crippen molar-refractivity contribution in [1.82, 2.24) is 10.3 Å². The fourth-order valence-electron chi connectivity index (χ4n) is 2.29. The van der Waals surface area contributed by atoms with Crippen LogP contribution in [0.5, 0.6) is 0 Å². The zero-order valence-electron chi connectivity index (χ0n) is 14.7. The first-order valence-corrected chi connectivity index (χ1v) is 9.03. The van der Waals surface area contributed by atoms with Crippen LogP contribution < -0.4 is 5.32 Å². The number of imide groups is 1. The van der Waals surface area contributed by atoms with Crippen molar-refractivity contribution in [2.75, 3.05) is 0 Å². The van der Waals surface area contributed by atoms with Gasteiger partial charge in [0.25, 0.3) is 11.8 Å². The maximum Gasteiger partial charge on any atom is 0.259 e. The number of amides is 2. The number of halogens is 1. The highest BCUT2D eigenvalue weighted by Gasteiger charge is 2.12. The molecule has 2 amide bonds. The highest BCUT2D eigenvalue weighted by molar-refractivity contribution is 6.30. The second-order valence-corrected chi connectivity index (χ2v) is 6.30. The number of benzene rings is 1. The van der Waals surface area contributed by atoms with E-state index in [4.69, 9.17) is 11.6 Å². The van der Waals surface area contributed by atoms with E-state index in [0.717, 1.165) is 12.8 Å². The Morgan fingerprint density at radius 1 is 1.04 bits per heavy atom. The number of pyridine rings is 1. The molecular weight excluding hydrogens is 348 g/mol. The SMILES string of the molecule is CCCCCCC#Cc1cncc(C(=O)NC(=O)c2ccc(Cl)cc2)c1. The van der Waals surface area contributed by atoms with Crippen molar-refractivity contribution >= 4 is 23.4 Å². The summed E-state index contributed by atoms with van der Waals surface area (Å²) < 4.78 is 0. The molecule has 2 rings (SSSR count). The molecule has 1 aromatic carbocycles. The standard InChI is InChI=1S/C21H21ClN2O2/c1-2-3-4-5-6-7-8-16-13-18(15-23-14-16)21(26)24-20(25)17-9-11-19(22)12-10-17/h9-15H,2-6H2,1H3,(H,24,25,26). The van der Waals surface area contributed by atoms with Crippen LogP contribution in [0.2, 0.25) is 5.02 Å². The van der Waals surface area contributed by atoms with E-state index < -0.39 is 11.8 Å². The monoisotopic (exact) mass is 368 g/mol. The van der Waals surface area contributed by atoms with E-state index in [1.54, 1.807) is 36.5 Å².